The first kappa shape index (κ1) is 15.6. The second kappa shape index (κ2) is 5.55. The predicted octanol–water partition coefficient (Wildman–Crippen LogP) is 4.25. The number of aliphatic carboxylic acids is 1. The standard InChI is InChI=1S/C18H25NO2/c1-6-7-15(17(20)21)19-16-10-12(2)8-9-14(16)13(3)11-18(19,4)5/h8-11,15H,6-7H2,1-5H3,(H,20,21). The van der Waals surface area contributed by atoms with Crippen LogP contribution < -0.4 is 4.90 Å². The summed E-state index contributed by atoms with van der Waals surface area (Å²) in [5.74, 6) is -0.745. The summed E-state index contributed by atoms with van der Waals surface area (Å²) in [7, 11) is 0. The van der Waals surface area contributed by atoms with Gasteiger partial charge < -0.3 is 10.0 Å². The van der Waals surface area contributed by atoms with Gasteiger partial charge in [0.15, 0.2) is 0 Å². The zero-order chi connectivity index (χ0) is 15.8. The van der Waals surface area contributed by atoms with Crippen LogP contribution in [0.1, 0.15) is 51.7 Å². The van der Waals surface area contributed by atoms with Crippen LogP contribution in [0.2, 0.25) is 0 Å². The molecular weight excluding hydrogens is 262 g/mol. The van der Waals surface area contributed by atoms with Crippen LogP contribution in [0.25, 0.3) is 5.57 Å². The maximum atomic E-state index is 11.8. The van der Waals surface area contributed by atoms with Gasteiger partial charge in [0.25, 0.3) is 0 Å². The third-order valence-electron chi connectivity index (χ3n) is 4.19. The second-order valence-electron chi connectivity index (χ2n) is 6.51. The lowest BCUT2D eigenvalue weighted by molar-refractivity contribution is -0.139. The van der Waals surface area contributed by atoms with Gasteiger partial charge in [0.05, 0.1) is 5.54 Å². The van der Waals surface area contributed by atoms with Crippen LogP contribution in [0.5, 0.6) is 0 Å². The molecule has 1 aliphatic heterocycles. The quantitative estimate of drug-likeness (QED) is 0.900. The van der Waals surface area contributed by atoms with E-state index in [1.165, 1.54) is 5.57 Å². The number of allylic oxidation sites excluding steroid dienone is 1. The zero-order valence-corrected chi connectivity index (χ0v) is 13.6. The SMILES string of the molecule is CCCC(C(=O)O)N1c2cc(C)ccc2C(C)=CC1(C)C. The topological polar surface area (TPSA) is 40.5 Å². The Morgan fingerprint density at radius 3 is 2.57 bits per heavy atom. The Kier molecular flexibility index (Phi) is 4.13. The minimum absolute atomic E-state index is 0.302. The molecule has 0 aliphatic carbocycles. The number of benzene rings is 1. The van der Waals surface area contributed by atoms with Crippen molar-refractivity contribution in [3.63, 3.8) is 0 Å². The number of nitrogens with zero attached hydrogens (tertiary/aromatic N) is 1. The molecule has 1 unspecified atom stereocenters. The van der Waals surface area contributed by atoms with Crippen molar-refractivity contribution in [2.24, 2.45) is 0 Å². The minimum Gasteiger partial charge on any atom is -0.480 e. The highest BCUT2D eigenvalue weighted by Gasteiger charge is 2.38. The first-order valence-electron chi connectivity index (χ1n) is 7.60. The number of carboxylic acids is 1. The highest BCUT2D eigenvalue weighted by molar-refractivity contribution is 5.87. The first-order valence-corrected chi connectivity index (χ1v) is 7.60. The number of anilines is 1. The molecule has 0 bridgehead atoms. The third-order valence-corrected chi connectivity index (χ3v) is 4.19. The van der Waals surface area contributed by atoms with Gasteiger partial charge in [-0.25, -0.2) is 4.79 Å². The van der Waals surface area contributed by atoms with Gasteiger partial charge in [-0.05, 0) is 51.3 Å². The van der Waals surface area contributed by atoms with Gasteiger partial charge >= 0.3 is 5.97 Å². The molecule has 0 amide bonds. The van der Waals surface area contributed by atoms with E-state index in [0.29, 0.717) is 6.42 Å². The number of carbonyl (C=O) groups is 1. The maximum Gasteiger partial charge on any atom is 0.326 e. The van der Waals surface area contributed by atoms with Crippen molar-refractivity contribution in [2.75, 3.05) is 4.90 Å². The highest BCUT2D eigenvalue weighted by Crippen LogP contribution is 2.41. The van der Waals surface area contributed by atoms with E-state index in [4.69, 9.17) is 0 Å². The molecule has 1 aliphatic rings. The Morgan fingerprint density at radius 1 is 1.33 bits per heavy atom. The second-order valence-corrected chi connectivity index (χ2v) is 6.51. The van der Waals surface area contributed by atoms with Crippen LogP contribution in [0, 0.1) is 6.92 Å². The van der Waals surface area contributed by atoms with E-state index in [0.717, 1.165) is 23.2 Å². The number of carboxylic acid groups (broad SMARTS) is 1. The monoisotopic (exact) mass is 287 g/mol. The summed E-state index contributed by atoms with van der Waals surface area (Å²) in [6.45, 7) is 10.4. The number of hydrogen-bond donors (Lipinski definition) is 1. The summed E-state index contributed by atoms with van der Waals surface area (Å²) in [5.41, 5.74) is 4.25. The zero-order valence-electron chi connectivity index (χ0n) is 13.6. The molecule has 3 heteroatoms. The molecule has 21 heavy (non-hydrogen) atoms. The van der Waals surface area contributed by atoms with Gasteiger partial charge in [-0.1, -0.05) is 31.6 Å². The smallest absolute Gasteiger partial charge is 0.326 e. The van der Waals surface area contributed by atoms with E-state index >= 15 is 0 Å². The van der Waals surface area contributed by atoms with Crippen molar-refractivity contribution < 1.29 is 9.90 Å². The maximum absolute atomic E-state index is 11.8. The number of fused-ring (bicyclic) bond motifs is 1. The summed E-state index contributed by atoms with van der Waals surface area (Å²) >= 11 is 0. The molecule has 0 fully saturated rings. The van der Waals surface area contributed by atoms with E-state index in [1.807, 2.05) is 6.92 Å². The minimum atomic E-state index is -0.745. The molecular formula is C18H25NO2. The molecule has 1 N–H and O–H groups in total. The predicted molar refractivity (Wildman–Crippen MR) is 87.7 cm³/mol. The van der Waals surface area contributed by atoms with E-state index in [2.05, 4.69) is 56.9 Å². The van der Waals surface area contributed by atoms with E-state index in [9.17, 15) is 9.90 Å². The molecule has 0 aromatic heterocycles. The largest absolute Gasteiger partial charge is 0.480 e. The molecule has 0 spiro atoms. The molecule has 0 saturated carbocycles. The fraction of sp³-hybridized carbons (Fsp3) is 0.500. The Labute approximate surface area is 127 Å². The van der Waals surface area contributed by atoms with Crippen LogP contribution in [0.3, 0.4) is 0 Å². The lowest BCUT2D eigenvalue weighted by Gasteiger charge is -2.46. The van der Waals surface area contributed by atoms with Gasteiger partial charge in [0.2, 0.25) is 0 Å². The third kappa shape index (κ3) is 2.82. The molecule has 114 valence electrons. The van der Waals surface area contributed by atoms with E-state index < -0.39 is 12.0 Å². The van der Waals surface area contributed by atoms with Crippen LogP contribution in [0.15, 0.2) is 24.3 Å². The summed E-state index contributed by atoms with van der Waals surface area (Å²) in [6.07, 6.45) is 3.68. The number of hydrogen-bond acceptors (Lipinski definition) is 2. The van der Waals surface area contributed by atoms with Crippen molar-refractivity contribution in [1.82, 2.24) is 0 Å². The van der Waals surface area contributed by atoms with E-state index in [1.54, 1.807) is 0 Å². The van der Waals surface area contributed by atoms with Gasteiger partial charge in [-0.15, -0.1) is 0 Å². The van der Waals surface area contributed by atoms with Crippen molar-refractivity contribution in [1.29, 1.82) is 0 Å². The molecule has 1 atom stereocenters. The van der Waals surface area contributed by atoms with Crippen LogP contribution in [-0.2, 0) is 4.79 Å². The summed E-state index contributed by atoms with van der Waals surface area (Å²) in [5, 5.41) is 9.69. The Morgan fingerprint density at radius 2 is 2.00 bits per heavy atom. The Bertz CT molecular complexity index is 587. The van der Waals surface area contributed by atoms with Gasteiger partial charge in [0, 0.05) is 11.3 Å². The fourth-order valence-corrected chi connectivity index (χ4v) is 3.37. The summed E-state index contributed by atoms with van der Waals surface area (Å²) in [4.78, 5) is 13.9. The molecule has 3 nitrogen and oxygen atoms in total. The molecule has 1 aromatic carbocycles. The summed E-state index contributed by atoms with van der Waals surface area (Å²) < 4.78 is 0. The van der Waals surface area contributed by atoms with Crippen molar-refractivity contribution >= 4 is 17.2 Å². The number of rotatable bonds is 4. The fourth-order valence-electron chi connectivity index (χ4n) is 3.37. The molecule has 1 aromatic rings. The van der Waals surface area contributed by atoms with Crippen LogP contribution in [0.4, 0.5) is 5.69 Å². The molecule has 1 heterocycles. The molecule has 0 saturated heterocycles. The van der Waals surface area contributed by atoms with Gasteiger partial charge in [0.1, 0.15) is 6.04 Å². The molecule has 0 radical (unpaired) electrons. The first-order chi connectivity index (χ1) is 9.77. The Balaban J connectivity index is 2.63. The van der Waals surface area contributed by atoms with Crippen molar-refractivity contribution in [3.8, 4) is 0 Å². The lowest BCUT2D eigenvalue weighted by atomic mass is 9.86. The average molecular weight is 287 g/mol. The van der Waals surface area contributed by atoms with E-state index in [-0.39, 0.29) is 5.54 Å². The van der Waals surface area contributed by atoms with Gasteiger partial charge in [-0.2, -0.15) is 0 Å². The lowest BCUT2D eigenvalue weighted by Crippen LogP contribution is -2.54. The van der Waals surface area contributed by atoms with Crippen molar-refractivity contribution in [2.45, 2.75) is 59.0 Å². The van der Waals surface area contributed by atoms with Crippen LogP contribution in [-0.4, -0.2) is 22.7 Å². The molecule has 2 rings (SSSR count). The summed E-state index contributed by atoms with van der Waals surface area (Å²) in [6, 6.07) is 5.81. The normalized spacial score (nSPS) is 18.0. The Hall–Kier alpha value is -1.77. The highest BCUT2D eigenvalue weighted by atomic mass is 16.4. The van der Waals surface area contributed by atoms with Crippen molar-refractivity contribution in [3.05, 3.63) is 35.4 Å². The van der Waals surface area contributed by atoms with Crippen LogP contribution >= 0.6 is 0 Å². The van der Waals surface area contributed by atoms with Gasteiger partial charge in [-0.3, -0.25) is 0 Å². The number of aryl methyl sites for hydroxylation is 1. The average Bonchev–Trinajstić information content (AvgIpc) is 2.36.